The van der Waals surface area contributed by atoms with Gasteiger partial charge in [0, 0.05) is 12.1 Å². The zero-order valence-corrected chi connectivity index (χ0v) is 12.4. The lowest BCUT2D eigenvalue weighted by Gasteiger charge is -2.13. The first-order valence-electron chi connectivity index (χ1n) is 6.77. The molecule has 0 spiro atoms. The number of nitrogens with one attached hydrogen (secondary N) is 2. The molecule has 25 heavy (non-hydrogen) atoms. The third-order valence-electron chi connectivity index (χ3n) is 3.27. The highest BCUT2D eigenvalue weighted by molar-refractivity contribution is 5.88. The number of nitrogens with two attached hydrogens (primary N) is 1. The molecule has 0 bridgehead atoms. The normalized spacial score (nSPS) is 11.2. The number of nitrogen functional groups attached to an aromatic ring is 1. The predicted molar refractivity (Wildman–Crippen MR) is 81.2 cm³/mol. The zero-order chi connectivity index (χ0) is 18.8. The van der Waals surface area contributed by atoms with Gasteiger partial charge in [-0.05, 0) is 24.3 Å². The summed E-state index contributed by atoms with van der Waals surface area (Å²) in [6.45, 7) is -0.300. The molecule has 0 saturated heterocycles. The maximum absolute atomic E-state index is 14.1. The van der Waals surface area contributed by atoms with E-state index in [0.29, 0.717) is 12.1 Å². The fourth-order valence-corrected chi connectivity index (χ4v) is 2.01. The fraction of sp³-hybridized carbons (Fsp3) is 0.133. The van der Waals surface area contributed by atoms with Gasteiger partial charge in [0.1, 0.15) is 5.82 Å². The smallest absolute Gasteiger partial charge is 0.416 e. The summed E-state index contributed by atoms with van der Waals surface area (Å²) in [6.07, 6.45) is -6.10. The van der Waals surface area contributed by atoms with Crippen LogP contribution >= 0.6 is 0 Å². The minimum Gasteiger partial charge on any atom is -0.465 e. The van der Waals surface area contributed by atoms with Crippen molar-refractivity contribution >= 4 is 23.2 Å². The van der Waals surface area contributed by atoms with Crippen LogP contribution in [0.2, 0.25) is 0 Å². The van der Waals surface area contributed by atoms with Crippen molar-refractivity contribution in [2.24, 2.45) is 0 Å². The van der Waals surface area contributed by atoms with E-state index in [-0.39, 0.29) is 23.5 Å². The van der Waals surface area contributed by atoms with Crippen molar-refractivity contribution < 1.29 is 31.9 Å². The third-order valence-corrected chi connectivity index (χ3v) is 3.27. The molecule has 0 unspecified atom stereocenters. The summed E-state index contributed by atoms with van der Waals surface area (Å²) >= 11 is 0. The van der Waals surface area contributed by atoms with Crippen molar-refractivity contribution in [2.45, 2.75) is 12.7 Å². The Labute approximate surface area is 138 Å². The van der Waals surface area contributed by atoms with E-state index in [1.54, 1.807) is 0 Å². The monoisotopic (exact) mass is 361 g/mol. The van der Waals surface area contributed by atoms with Gasteiger partial charge in [-0.2, -0.15) is 13.2 Å². The van der Waals surface area contributed by atoms with E-state index >= 15 is 0 Å². The first-order valence-corrected chi connectivity index (χ1v) is 6.77. The molecule has 0 fully saturated rings. The number of benzene rings is 2. The van der Waals surface area contributed by atoms with Crippen LogP contribution in [0.5, 0.6) is 0 Å². The highest BCUT2D eigenvalue weighted by Gasteiger charge is 2.31. The molecule has 0 radical (unpaired) electrons. The van der Waals surface area contributed by atoms with Crippen LogP contribution in [0, 0.1) is 11.6 Å². The number of alkyl halides is 3. The van der Waals surface area contributed by atoms with Gasteiger partial charge in [0.25, 0.3) is 0 Å². The van der Waals surface area contributed by atoms with Gasteiger partial charge in [0.05, 0.1) is 22.6 Å². The van der Waals surface area contributed by atoms with Crippen LogP contribution in [0.1, 0.15) is 11.1 Å². The highest BCUT2D eigenvalue weighted by atomic mass is 19.4. The molecular formula is C15H12F5N3O2. The third kappa shape index (κ3) is 4.28. The largest absolute Gasteiger partial charge is 0.465 e. The Morgan fingerprint density at radius 3 is 2.32 bits per heavy atom. The Morgan fingerprint density at radius 2 is 1.76 bits per heavy atom. The summed E-state index contributed by atoms with van der Waals surface area (Å²) in [7, 11) is 0. The van der Waals surface area contributed by atoms with E-state index in [1.807, 2.05) is 5.32 Å². The molecular weight excluding hydrogens is 349 g/mol. The lowest BCUT2D eigenvalue weighted by molar-refractivity contribution is -0.137. The second-order valence-electron chi connectivity index (χ2n) is 4.98. The van der Waals surface area contributed by atoms with Gasteiger partial charge in [-0.15, -0.1) is 0 Å². The van der Waals surface area contributed by atoms with E-state index in [1.165, 1.54) is 12.1 Å². The zero-order valence-electron chi connectivity index (χ0n) is 12.4. The molecule has 2 aromatic rings. The average molecular weight is 361 g/mol. The fourth-order valence-electron chi connectivity index (χ4n) is 2.01. The van der Waals surface area contributed by atoms with E-state index in [4.69, 9.17) is 10.8 Å². The van der Waals surface area contributed by atoms with Crippen LogP contribution in [-0.4, -0.2) is 11.2 Å². The van der Waals surface area contributed by atoms with Crippen LogP contribution in [-0.2, 0) is 12.7 Å². The number of carbonyl (C=O) groups is 1. The van der Waals surface area contributed by atoms with Gasteiger partial charge in [0.15, 0.2) is 5.82 Å². The molecule has 134 valence electrons. The Morgan fingerprint density at radius 1 is 1.12 bits per heavy atom. The van der Waals surface area contributed by atoms with Crippen molar-refractivity contribution in [1.29, 1.82) is 0 Å². The Balaban J connectivity index is 2.17. The molecule has 1 amide bonds. The molecule has 0 aromatic heterocycles. The molecule has 2 aromatic carbocycles. The number of rotatable bonds is 4. The number of carboxylic acid groups (broad SMARTS) is 1. The van der Waals surface area contributed by atoms with Crippen LogP contribution < -0.4 is 16.4 Å². The predicted octanol–water partition coefficient (Wildman–Crippen LogP) is 4.27. The second-order valence-corrected chi connectivity index (χ2v) is 4.98. The standard InChI is InChI=1S/C15H12F5N3O2/c16-9-5-8(15(18,19)20)2-1-7(9)6-22-10-3-4-11(23-14(24)25)13(21)12(10)17/h1-5,22-23H,6,21H2,(H,24,25). The van der Waals surface area contributed by atoms with Crippen LogP contribution in [0.15, 0.2) is 30.3 Å². The maximum Gasteiger partial charge on any atom is 0.416 e. The number of amides is 1. The van der Waals surface area contributed by atoms with E-state index in [2.05, 4.69) is 5.32 Å². The quantitative estimate of drug-likeness (QED) is 0.484. The summed E-state index contributed by atoms with van der Waals surface area (Å²) in [5, 5.41) is 13.0. The van der Waals surface area contributed by atoms with Crippen molar-refractivity contribution in [3.63, 3.8) is 0 Å². The molecule has 0 aliphatic heterocycles. The molecule has 2 rings (SSSR count). The first-order chi connectivity index (χ1) is 11.6. The maximum atomic E-state index is 14.1. The van der Waals surface area contributed by atoms with Crippen molar-refractivity contribution in [3.05, 3.63) is 53.1 Å². The van der Waals surface area contributed by atoms with Crippen LogP contribution in [0.25, 0.3) is 0 Å². The van der Waals surface area contributed by atoms with E-state index in [9.17, 15) is 26.7 Å². The summed E-state index contributed by atoms with van der Waals surface area (Å²) in [6, 6.07) is 4.36. The SMILES string of the molecule is Nc1c(NC(=O)O)ccc(NCc2ccc(C(F)(F)F)cc2F)c1F. The minimum atomic E-state index is -4.67. The molecule has 10 heteroatoms. The number of hydrogen-bond donors (Lipinski definition) is 4. The van der Waals surface area contributed by atoms with Crippen LogP contribution in [0.3, 0.4) is 0 Å². The van der Waals surface area contributed by atoms with Crippen molar-refractivity contribution in [1.82, 2.24) is 0 Å². The van der Waals surface area contributed by atoms with Gasteiger partial charge in [0.2, 0.25) is 0 Å². The summed E-state index contributed by atoms with van der Waals surface area (Å²) in [5.41, 5.74) is 3.41. The van der Waals surface area contributed by atoms with Crippen LogP contribution in [0.4, 0.5) is 43.8 Å². The average Bonchev–Trinajstić information content (AvgIpc) is 2.51. The lowest BCUT2D eigenvalue weighted by Crippen LogP contribution is -2.12. The molecule has 5 N–H and O–H groups in total. The van der Waals surface area contributed by atoms with Gasteiger partial charge in [-0.3, -0.25) is 5.32 Å². The second kappa shape index (κ2) is 6.83. The van der Waals surface area contributed by atoms with Gasteiger partial charge < -0.3 is 16.2 Å². The van der Waals surface area contributed by atoms with E-state index < -0.39 is 35.2 Å². The summed E-state index contributed by atoms with van der Waals surface area (Å²) < 4.78 is 65.3. The van der Waals surface area contributed by atoms with Gasteiger partial charge in [-0.1, -0.05) is 6.07 Å². The Kier molecular flexibility index (Phi) is 5.00. The number of anilines is 3. The number of hydrogen-bond acceptors (Lipinski definition) is 3. The first kappa shape index (κ1) is 18.3. The Hall–Kier alpha value is -3.04. The van der Waals surface area contributed by atoms with Crippen molar-refractivity contribution in [2.75, 3.05) is 16.4 Å². The molecule has 0 heterocycles. The molecule has 0 aliphatic rings. The van der Waals surface area contributed by atoms with Gasteiger partial charge in [-0.25, -0.2) is 13.6 Å². The summed E-state index contributed by atoms with van der Waals surface area (Å²) in [5.74, 6) is -2.07. The molecule has 0 aliphatic carbocycles. The molecule has 0 atom stereocenters. The highest BCUT2D eigenvalue weighted by Crippen LogP contribution is 2.31. The Bertz CT molecular complexity index is 808. The lowest BCUT2D eigenvalue weighted by atomic mass is 10.1. The summed E-state index contributed by atoms with van der Waals surface area (Å²) in [4.78, 5) is 10.5. The molecule has 0 saturated carbocycles. The molecule has 5 nitrogen and oxygen atoms in total. The minimum absolute atomic E-state index is 0.112. The van der Waals surface area contributed by atoms with E-state index in [0.717, 1.165) is 6.07 Å². The topological polar surface area (TPSA) is 87.4 Å². The number of halogens is 5. The van der Waals surface area contributed by atoms with Crippen molar-refractivity contribution in [3.8, 4) is 0 Å². The van der Waals surface area contributed by atoms with Gasteiger partial charge >= 0.3 is 12.3 Å².